The summed E-state index contributed by atoms with van der Waals surface area (Å²) in [7, 11) is 0. The number of halogens is 2. The van der Waals surface area contributed by atoms with E-state index in [4.69, 9.17) is 17.3 Å². The van der Waals surface area contributed by atoms with Crippen molar-refractivity contribution in [2.45, 2.75) is 39.7 Å². The molecule has 0 heterocycles. The maximum absolute atomic E-state index is 13.8. The first-order valence-corrected chi connectivity index (χ1v) is 7.24. The van der Waals surface area contributed by atoms with Gasteiger partial charge in [0.1, 0.15) is 5.82 Å². The van der Waals surface area contributed by atoms with Crippen LogP contribution >= 0.6 is 11.6 Å². The van der Waals surface area contributed by atoms with Gasteiger partial charge < -0.3 is 11.1 Å². The number of amides is 1. The molecule has 1 rings (SSSR count). The molecule has 1 amide bonds. The fraction of sp³-hybridized carbons (Fsp3) is 0.533. The molecule has 1 unspecified atom stereocenters. The van der Waals surface area contributed by atoms with Gasteiger partial charge in [0.15, 0.2) is 0 Å². The van der Waals surface area contributed by atoms with Crippen LogP contribution in [0.2, 0.25) is 5.02 Å². The number of benzene rings is 1. The van der Waals surface area contributed by atoms with Crippen molar-refractivity contribution in [3.05, 3.63) is 34.6 Å². The summed E-state index contributed by atoms with van der Waals surface area (Å²) in [5.74, 6) is -0.575. The highest BCUT2D eigenvalue weighted by Crippen LogP contribution is 2.29. The summed E-state index contributed by atoms with van der Waals surface area (Å²) in [5, 5.41) is 3.14. The molecular weight excluding hydrogens is 279 g/mol. The van der Waals surface area contributed by atoms with E-state index in [1.807, 2.05) is 13.8 Å². The summed E-state index contributed by atoms with van der Waals surface area (Å²) in [6.07, 6.45) is 1.28. The highest BCUT2D eigenvalue weighted by atomic mass is 35.5. The molecule has 1 atom stereocenters. The monoisotopic (exact) mass is 300 g/mol. The molecule has 0 aromatic heterocycles. The second-order valence-corrected chi connectivity index (χ2v) is 5.43. The molecular formula is C15H22ClFN2O. The lowest BCUT2D eigenvalue weighted by Gasteiger charge is -2.30. The van der Waals surface area contributed by atoms with Crippen LogP contribution in [0.1, 0.15) is 45.2 Å². The van der Waals surface area contributed by atoms with Crippen LogP contribution in [0, 0.1) is 11.2 Å². The van der Waals surface area contributed by atoms with Gasteiger partial charge in [0.25, 0.3) is 0 Å². The van der Waals surface area contributed by atoms with Crippen molar-refractivity contribution in [1.82, 2.24) is 5.32 Å². The summed E-state index contributed by atoms with van der Waals surface area (Å²) in [4.78, 5) is 12.4. The Morgan fingerprint density at radius 2 is 2.05 bits per heavy atom. The molecule has 3 N–H and O–H groups in total. The minimum atomic E-state index is -0.605. The molecule has 1 aromatic carbocycles. The molecule has 0 bridgehead atoms. The van der Waals surface area contributed by atoms with Crippen molar-refractivity contribution >= 4 is 17.5 Å². The van der Waals surface area contributed by atoms with E-state index in [0.717, 1.165) is 0 Å². The van der Waals surface area contributed by atoms with Gasteiger partial charge >= 0.3 is 0 Å². The average molecular weight is 301 g/mol. The second kappa shape index (κ2) is 7.04. The Hall–Kier alpha value is -1.13. The molecule has 0 saturated heterocycles. The summed E-state index contributed by atoms with van der Waals surface area (Å²) < 4.78 is 13.8. The maximum Gasteiger partial charge on any atom is 0.227 e. The van der Waals surface area contributed by atoms with Crippen LogP contribution in [-0.4, -0.2) is 12.5 Å². The first-order valence-electron chi connectivity index (χ1n) is 6.86. The Balaban J connectivity index is 2.96. The Morgan fingerprint density at radius 3 is 2.50 bits per heavy atom. The Kier molecular flexibility index (Phi) is 5.96. The molecule has 1 aromatic rings. The van der Waals surface area contributed by atoms with Crippen LogP contribution in [-0.2, 0) is 4.79 Å². The highest BCUT2D eigenvalue weighted by Gasteiger charge is 2.34. The van der Waals surface area contributed by atoms with Gasteiger partial charge in [0, 0.05) is 17.1 Å². The molecule has 5 heteroatoms. The van der Waals surface area contributed by atoms with Gasteiger partial charge in [-0.05, 0) is 31.9 Å². The van der Waals surface area contributed by atoms with Crippen LogP contribution in [0.25, 0.3) is 0 Å². The molecule has 0 fully saturated rings. The first kappa shape index (κ1) is 16.9. The third-order valence-corrected chi connectivity index (χ3v) is 4.34. The Bertz CT molecular complexity index is 446. The van der Waals surface area contributed by atoms with E-state index in [1.165, 1.54) is 12.1 Å². The zero-order valence-corrected chi connectivity index (χ0v) is 12.9. The van der Waals surface area contributed by atoms with Gasteiger partial charge in [-0.1, -0.05) is 31.5 Å². The highest BCUT2D eigenvalue weighted by molar-refractivity contribution is 6.31. The van der Waals surface area contributed by atoms with Gasteiger partial charge in [-0.15, -0.1) is 0 Å². The predicted octanol–water partition coefficient (Wildman–Crippen LogP) is 3.42. The fourth-order valence-electron chi connectivity index (χ4n) is 2.30. The number of hydrogen-bond donors (Lipinski definition) is 2. The van der Waals surface area contributed by atoms with Gasteiger partial charge in [-0.2, -0.15) is 0 Å². The van der Waals surface area contributed by atoms with E-state index in [1.54, 1.807) is 13.0 Å². The van der Waals surface area contributed by atoms with Crippen LogP contribution in [0.5, 0.6) is 0 Å². The smallest absolute Gasteiger partial charge is 0.227 e. The van der Waals surface area contributed by atoms with E-state index in [2.05, 4.69) is 5.32 Å². The molecule has 112 valence electrons. The number of hydrogen-bond acceptors (Lipinski definition) is 2. The lowest BCUT2D eigenvalue weighted by Crippen LogP contribution is -2.46. The summed E-state index contributed by atoms with van der Waals surface area (Å²) in [6, 6.07) is 3.98. The first-order chi connectivity index (χ1) is 9.41. The van der Waals surface area contributed by atoms with Crippen molar-refractivity contribution in [3.63, 3.8) is 0 Å². The summed E-state index contributed by atoms with van der Waals surface area (Å²) >= 11 is 6.01. The fourth-order valence-corrected chi connectivity index (χ4v) is 2.63. The number of carbonyl (C=O) groups is 1. The standard InChI is InChI=1S/C15H22ClFN2O/c1-4-15(5-2,9-18)14(20)19-10(3)13-11(16)7-6-8-12(13)17/h6-8,10H,4-5,9,18H2,1-3H3,(H,19,20). The van der Waals surface area contributed by atoms with Crippen LogP contribution in [0.15, 0.2) is 18.2 Å². The number of nitrogens with two attached hydrogens (primary N) is 1. The van der Waals surface area contributed by atoms with Gasteiger partial charge in [-0.3, -0.25) is 4.79 Å². The van der Waals surface area contributed by atoms with Crippen molar-refractivity contribution < 1.29 is 9.18 Å². The van der Waals surface area contributed by atoms with Crippen molar-refractivity contribution in [2.24, 2.45) is 11.1 Å². The second-order valence-electron chi connectivity index (χ2n) is 5.02. The summed E-state index contributed by atoms with van der Waals surface area (Å²) in [6.45, 7) is 5.84. The molecule has 0 spiro atoms. The van der Waals surface area contributed by atoms with Gasteiger partial charge in [0.2, 0.25) is 5.91 Å². The van der Waals surface area contributed by atoms with Crippen LogP contribution in [0.4, 0.5) is 4.39 Å². The van der Waals surface area contributed by atoms with E-state index in [-0.39, 0.29) is 12.5 Å². The SMILES string of the molecule is CCC(CC)(CN)C(=O)NC(C)c1c(F)cccc1Cl. The van der Waals surface area contributed by atoms with Gasteiger partial charge in [-0.25, -0.2) is 4.39 Å². The predicted molar refractivity (Wildman–Crippen MR) is 80.0 cm³/mol. The molecule has 3 nitrogen and oxygen atoms in total. The molecule has 0 radical (unpaired) electrons. The molecule has 0 aliphatic rings. The summed E-state index contributed by atoms with van der Waals surface area (Å²) in [5.41, 5.74) is 5.44. The molecule has 0 aliphatic heterocycles. The lowest BCUT2D eigenvalue weighted by atomic mass is 9.81. The van der Waals surface area contributed by atoms with E-state index in [0.29, 0.717) is 23.4 Å². The maximum atomic E-state index is 13.8. The van der Waals surface area contributed by atoms with Crippen molar-refractivity contribution in [2.75, 3.05) is 6.54 Å². The quantitative estimate of drug-likeness (QED) is 0.846. The number of carbonyl (C=O) groups excluding carboxylic acids is 1. The Labute approximate surface area is 124 Å². The Morgan fingerprint density at radius 1 is 1.45 bits per heavy atom. The normalized spacial score (nSPS) is 13.1. The third-order valence-electron chi connectivity index (χ3n) is 4.01. The topological polar surface area (TPSA) is 55.1 Å². The minimum absolute atomic E-state index is 0.156. The number of nitrogens with one attached hydrogen (secondary N) is 1. The van der Waals surface area contributed by atoms with E-state index >= 15 is 0 Å². The average Bonchev–Trinajstić information content (AvgIpc) is 2.41. The molecule has 0 aliphatic carbocycles. The van der Waals surface area contributed by atoms with Crippen LogP contribution < -0.4 is 11.1 Å². The lowest BCUT2D eigenvalue weighted by molar-refractivity contribution is -0.131. The molecule has 20 heavy (non-hydrogen) atoms. The largest absolute Gasteiger partial charge is 0.349 e. The molecule has 0 saturated carbocycles. The van der Waals surface area contributed by atoms with E-state index in [9.17, 15) is 9.18 Å². The van der Waals surface area contributed by atoms with Gasteiger partial charge in [0.05, 0.1) is 11.5 Å². The zero-order chi connectivity index (χ0) is 15.3. The number of rotatable bonds is 6. The van der Waals surface area contributed by atoms with Crippen molar-refractivity contribution in [3.8, 4) is 0 Å². The van der Waals surface area contributed by atoms with Crippen molar-refractivity contribution in [1.29, 1.82) is 0 Å². The van der Waals surface area contributed by atoms with E-state index < -0.39 is 17.3 Å². The third kappa shape index (κ3) is 3.30. The van der Waals surface area contributed by atoms with Crippen LogP contribution in [0.3, 0.4) is 0 Å². The minimum Gasteiger partial charge on any atom is -0.349 e. The zero-order valence-electron chi connectivity index (χ0n) is 12.2.